The van der Waals surface area contributed by atoms with Gasteiger partial charge in [-0.2, -0.15) is 0 Å². The molecule has 0 bridgehead atoms. The van der Waals surface area contributed by atoms with Crippen molar-refractivity contribution in [2.45, 2.75) is 13.8 Å². The number of rotatable bonds is 4. The molecule has 0 spiro atoms. The molecule has 0 amide bonds. The number of aromatic nitrogens is 1. The maximum atomic E-state index is 12.9. The van der Waals surface area contributed by atoms with Gasteiger partial charge in [0.05, 0.1) is 11.1 Å². The zero-order valence-corrected chi connectivity index (χ0v) is 14.4. The van der Waals surface area contributed by atoms with E-state index in [9.17, 15) is 19.5 Å². The number of benzene rings is 2. The molecule has 1 N–H and O–H groups in total. The Bertz CT molecular complexity index is 1070. The molecule has 0 aliphatic carbocycles. The van der Waals surface area contributed by atoms with Crippen molar-refractivity contribution in [3.8, 4) is 11.4 Å². The second-order valence-electron chi connectivity index (χ2n) is 6.06. The minimum absolute atomic E-state index is 0.0770. The van der Waals surface area contributed by atoms with Crippen LogP contribution in [-0.2, 0) is 0 Å². The monoisotopic (exact) mass is 347 g/mol. The summed E-state index contributed by atoms with van der Waals surface area (Å²) in [5, 5.41) is 10.0. The van der Waals surface area contributed by atoms with Crippen LogP contribution in [0.2, 0.25) is 0 Å². The molecule has 3 aromatic rings. The number of phenolic OH excluding ortho intramolecular Hbond substituents is 1. The van der Waals surface area contributed by atoms with Crippen molar-refractivity contribution in [3.63, 3.8) is 0 Å². The first-order chi connectivity index (χ1) is 12.4. The molecule has 0 fully saturated rings. The van der Waals surface area contributed by atoms with Crippen LogP contribution in [0.4, 0.5) is 0 Å². The number of carbonyl (C=O) groups excluding carboxylic acids is 2. The van der Waals surface area contributed by atoms with E-state index >= 15 is 0 Å². The molecule has 0 unspecified atom stereocenters. The summed E-state index contributed by atoms with van der Waals surface area (Å²) in [6.45, 7) is 3.09. The summed E-state index contributed by atoms with van der Waals surface area (Å²) in [6.07, 6.45) is 1.40. The Morgan fingerprint density at radius 2 is 1.65 bits per heavy atom. The number of aromatic hydroxyl groups is 1. The van der Waals surface area contributed by atoms with E-state index in [1.54, 1.807) is 42.5 Å². The van der Waals surface area contributed by atoms with Crippen LogP contribution in [0.25, 0.3) is 5.69 Å². The number of carbonyl (C=O) groups is 2. The van der Waals surface area contributed by atoms with Gasteiger partial charge in [-0.05, 0) is 44.2 Å². The number of hydrogen-bond acceptors (Lipinski definition) is 4. The van der Waals surface area contributed by atoms with Gasteiger partial charge in [-0.15, -0.1) is 0 Å². The first kappa shape index (κ1) is 17.4. The van der Waals surface area contributed by atoms with Crippen molar-refractivity contribution >= 4 is 11.6 Å². The van der Waals surface area contributed by atoms with Crippen molar-refractivity contribution in [3.05, 3.63) is 93.4 Å². The largest absolute Gasteiger partial charge is 0.507 e. The van der Waals surface area contributed by atoms with E-state index in [0.29, 0.717) is 5.69 Å². The van der Waals surface area contributed by atoms with Gasteiger partial charge in [0, 0.05) is 17.4 Å². The van der Waals surface area contributed by atoms with Gasteiger partial charge in [0.1, 0.15) is 5.75 Å². The third-order valence-corrected chi connectivity index (χ3v) is 4.09. The van der Waals surface area contributed by atoms with Crippen LogP contribution in [0.5, 0.6) is 5.75 Å². The van der Waals surface area contributed by atoms with Gasteiger partial charge >= 0.3 is 0 Å². The molecule has 5 heteroatoms. The first-order valence-corrected chi connectivity index (χ1v) is 8.06. The molecule has 2 aromatic carbocycles. The van der Waals surface area contributed by atoms with Crippen LogP contribution < -0.4 is 5.56 Å². The SMILES string of the molecule is CC(=O)c1cc(C(=O)c2cc(C)ccc2O)cn(-c2ccccc2)c1=O. The van der Waals surface area contributed by atoms with E-state index in [4.69, 9.17) is 0 Å². The number of nitrogens with zero attached hydrogens (tertiary/aromatic N) is 1. The van der Waals surface area contributed by atoms with Crippen molar-refractivity contribution in [2.24, 2.45) is 0 Å². The molecule has 5 nitrogen and oxygen atoms in total. The third-order valence-electron chi connectivity index (χ3n) is 4.09. The van der Waals surface area contributed by atoms with Gasteiger partial charge in [0.25, 0.3) is 5.56 Å². The lowest BCUT2D eigenvalue weighted by atomic mass is 10.00. The number of phenols is 1. The highest BCUT2D eigenvalue weighted by molar-refractivity contribution is 6.11. The number of hydrogen-bond donors (Lipinski definition) is 1. The molecule has 1 heterocycles. The van der Waals surface area contributed by atoms with Crippen molar-refractivity contribution in [1.82, 2.24) is 4.57 Å². The molecule has 0 saturated heterocycles. The molecule has 0 saturated carbocycles. The van der Waals surface area contributed by atoms with Crippen molar-refractivity contribution in [1.29, 1.82) is 0 Å². The van der Waals surface area contributed by atoms with Gasteiger partial charge < -0.3 is 5.11 Å². The summed E-state index contributed by atoms with van der Waals surface area (Å²) in [5.41, 5.74) is 1.07. The topological polar surface area (TPSA) is 76.4 Å². The smallest absolute Gasteiger partial charge is 0.265 e. The summed E-state index contributed by atoms with van der Waals surface area (Å²) in [5.74, 6) is -1.04. The number of ketones is 2. The van der Waals surface area contributed by atoms with Crippen LogP contribution in [-0.4, -0.2) is 21.2 Å². The van der Waals surface area contributed by atoms with Crippen molar-refractivity contribution in [2.75, 3.05) is 0 Å². The number of para-hydroxylation sites is 1. The molecule has 3 rings (SSSR count). The van der Waals surface area contributed by atoms with Crippen LogP contribution in [0.1, 0.15) is 38.8 Å². The molecular formula is C21H17NO4. The summed E-state index contributed by atoms with van der Waals surface area (Å²) in [7, 11) is 0. The third kappa shape index (κ3) is 3.19. The van der Waals surface area contributed by atoms with Crippen LogP contribution in [0.3, 0.4) is 0 Å². The normalized spacial score (nSPS) is 10.5. The van der Waals surface area contributed by atoms with E-state index in [0.717, 1.165) is 5.56 Å². The Hall–Kier alpha value is -3.47. The fraction of sp³-hybridized carbons (Fsp3) is 0.0952. The predicted molar refractivity (Wildman–Crippen MR) is 98.3 cm³/mol. The zero-order chi connectivity index (χ0) is 18.8. The molecule has 0 aliphatic heterocycles. The first-order valence-electron chi connectivity index (χ1n) is 8.06. The summed E-state index contributed by atoms with van der Waals surface area (Å²) < 4.78 is 1.27. The highest BCUT2D eigenvalue weighted by atomic mass is 16.3. The fourth-order valence-corrected chi connectivity index (χ4v) is 2.73. The summed E-state index contributed by atoms with van der Waals surface area (Å²) in [4.78, 5) is 37.4. The summed E-state index contributed by atoms with van der Waals surface area (Å²) in [6, 6.07) is 14.7. The Morgan fingerprint density at radius 3 is 2.31 bits per heavy atom. The van der Waals surface area contributed by atoms with Crippen LogP contribution >= 0.6 is 0 Å². The number of pyridine rings is 1. The number of aryl methyl sites for hydroxylation is 1. The minimum atomic E-state index is -0.492. The maximum Gasteiger partial charge on any atom is 0.265 e. The molecule has 130 valence electrons. The number of Topliss-reactive ketones (excluding diaryl/α,β-unsaturated/α-hetero) is 1. The van der Waals surface area contributed by atoms with E-state index < -0.39 is 17.1 Å². The molecule has 0 aliphatic rings. The van der Waals surface area contributed by atoms with Crippen molar-refractivity contribution < 1.29 is 14.7 Å². The van der Waals surface area contributed by atoms with E-state index in [2.05, 4.69) is 0 Å². The van der Waals surface area contributed by atoms with Crippen LogP contribution in [0, 0.1) is 6.92 Å². The average molecular weight is 347 g/mol. The van der Waals surface area contributed by atoms with Gasteiger partial charge in [0.2, 0.25) is 0 Å². The Labute approximate surface area is 150 Å². The van der Waals surface area contributed by atoms with Gasteiger partial charge in [-0.1, -0.05) is 29.8 Å². The summed E-state index contributed by atoms with van der Waals surface area (Å²) >= 11 is 0. The molecule has 0 radical (unpaired) electrons. The Balaban J connectivity index is 2.24. The molecule has 0 atom stereocenters. The molecule has 1 aromatic heterocycles. The van der Waals surface area contributed by atoms with E-state index in [-0.39, 0.29) is 22.4 Å². The van der Waals surface area contributed by atoms with Crippen LogP contribution in [0.15, 0.2) is 65.6 Å². The predicted octanol–water partition coefficient (Wildman–Crippen LogP) is 3.29. The van der Waals surface area contributed by atoms with Gasteiger partial charge in [0.15, 0.2) is 11.6 Å². The lowest BCUT2D eigenvalue weighted by Gasteiger charge is -2.11. The lowest BCUT2D eigenvalue weighted by molar-refractivity contribution is 0.101. The Morgan fingerprint density at radius 1 is 0.962 bits per heavy atom. The quantitative estimate of drug-likeness (QED) is 0.735. The second-order valence-corrected chi connectivity index (χ2v) is 6.06. The fourth-order valence-electron chi connectivity index (χ4n) is 2.73. The van der Waals surface area contributed by atoms with E-state index in [1.807, 2.05) is 6.92 Å². The van der Waals surface area contributed by atoms with Gasteiger partial charge in [-0.3, -0.25) is 19.0 Å². The second kappa shape index (κ2) is 6.80. The molecular weight excluding hydrogens is 330 g/mol. The highest BCUT2D eigenvalue weighted by Crippen LogP contribution is 2.22. The lowest BCUT2D eigenvalue weighted by Crippen LogP contribution is -2.25. The highest BCUT2D eigenvalue weighted by Gasteiger charge is 2.19. The van der Waals surface area contributed by atoms with E-state index in [1.165, 1.54) is 29.8 Å². The average Bonchev–Trinajstić information content (AvgIpc) is 2.64. The standard InChI is InChI=1S/C21H17NO4/c1-13-8-9-19(24)18(10-13)20(25)15-11-17(14(2)23)21(26)22(12-15)16-6-4-3-5-7-16/h3-12,24H,1-2H3. The molecule has 26 heavy (non-hydrogen) atoms. The Kier molecular flexibility index (Phi) is 4.54. The van der Waals surface area contributed by atoms with Gasteiger partial charge in [-0.25, -0.2) is 0 Å². The zero-order valence-electron chi connectivity index (χ0n) is 14.4. The minimum Gasteiger partial charge on any atom is -0.507 e. The maximum absolute atomic E-state index is 12.9.